The molecule has 4 heteroatoms. The van der Waals surface area contributed by atoms with Crippen LogP contribution in [-0.2, 0) is 11.3 Å². The fraction of sp³-hybridized carbons (Fsp3) is 0.150. The van der Waals surface area contributed by atoms with Gasteiger partial charge in [-0.05, 0) is 52.1 Å². The molecule has 122 valence electrons. The second-order valence-corrected chi connectivity index (χ2v) is 6.28. The summed E-state index contributed by atoms with van der Waals surface area (Å²) in [5.41, 5.74) is 4.45. The van der Waals surface area contributed by atoms with Crippen molar-refractivity contribution in [2.75, 3.05) is 6.61 Å². The van der Waals surface area contributed by atoms with Gasteiger partial charge in [0, 0.05) is 6.54 Å². The number of nitrogens with one attached hydrogen (secondary N) is 1. The van der Waals surface area contributed by atoms with Gasteiger partial charge < -0.3 is 10.1 Å². The summed E-state index contributed by atoms with van der Waals surface area (Å²) in [7, 11) is 0. The van der Waals surface area contributed by atoms with Gasteiger partial charge >= 0.3 is 0 Å². The highest BCUT2D eigenvalue weighted by molar-refractivity contribution is 7.08. The summed E-state index contributed by atoms with van der Waals surface area (Å²) in [6, 6.07) is 17.9. The molecule has 0 spiro atoms. The Bertz CT molecular complexity index is 812. The summed E-state index contributed by atoms with van der Waals surface area (Å²) in [6.07, 6.45) is 0. The van der Waals surface area contributed by atoms with Crippen molar-refractivity contribution < 1.29 is 9.53 Å². The Morgan fingerprint density at radius 3 is 2.67 bits per heavy atom. The summed E-state index contributed by atoms with van der Waals surface area (Å²) in [6.45, 7) is 2.47. The molecular formula is C20H19NO2S. The van der Waals surface area contributed by atoms with E-state index in [2.05, 4.69) is 28.2 Å². The molecule has 1 amide bonds. The van der Waals surface area contributed by atoms with Gasteiger partial charge in [0.2, 0.25) is 0 Å². The van der Waals surface area contributed by atoms with Gasteiger partial charge in [-0.3, -0.25) is 4.79 Å². The second-order valence-electron chi connectivity index (χ2n) is 5.50. The molecule has 0 unspecified atom stereocenters. The lowest BCUT2D eigenvalue weighted by molar-refractivity contribution is -0.123. The topological polar surface area (TPSA) is 38.3 Å². The predicted octanol–water partition coefficient (Wildman–Crippen LogP) is 4.42. The molecule has 3 aromatic rings. The zero-order valence-corrected chi connectivity index (χ0v) is 14.3. The van der Waals surface area contributed by atoms with Crippen LogP contribution >= 0.6 is 11.3 Å². The molecule has 1 N–H and O–H groups in total. The maximum Gasteiger partial charge on any atom is 0.258 e. The fourth-order valence-electron chi connectivity index (χ4n) is 2.48. The first-order chi connectivity index (χ1) is 11.7. The lowest BCUT2D eigenvalue weighted by atomic mass is 10.0. The molecule has 0 bridgehead atoms. The van der Waals surface area contributed by atoms with E-state index in [4.69, 9.17) is 4.74 Å². The van der Waals surface area contributed by atoms with Crippen molar-refractivity contribution in [3.05, 3.63) is 76.5 Å². The Morgan fingerprint density at radius 2 is 1.88 bits per heavy atom. The quantitative estimate of drug-likeness (QED) is 0.723. The first-order valence-electron chi connectivity index (χ1n) is 7.79. The molecular weight excluding hydrogens is 318 g/mol. The van der Waals surface area contributed by atoms with Crippen LogP contribution in [0, 0.1) is 6.92 Å². The zero-order valence-electron chi connectivity index (χ0n) is 13.5. The average Bonchev–Trinajstić information content (AvgIpc) is 3.14. The largest absolute Gasteiger partial charge is 0.484 e. The van der Waals surface area contributed by atoms with Gasteiger partial charge in [-0.25, -0.2) is 0 Å². The third-order valence-electron chi connectivity index (χ3n) is 3.78. The van der Waals surface area contributed by atoms with Crippen molar-refractivity contribution >= 4 is 17.2 Å². The lowest BCUT2D eigenvalue weighted by Gasteiger charge is -2.11. The third kappa shape index (κ3) is 4.03. The van der Waals surface area contributed by atoms with Crippen molar-refractivity contribution in [1.82, 2.24) is 5.32 Å². The summed E-state index contributed by atoms with van der Waals surface area (Å²) in [5, 5.41) is 7.10. The van der Waals surface area contributed by atoms with E-state index in [1.54, 1.807) is 11.3 Å². The van der Waals surface area contributed by atoms with E-state index in [1.807, 2.05) is 49.4 Å². The van der Waals surface area contributed by atoms with E-state index >= 15 is 0 Å². The summed E-state index contributed by atoms with van der Waals surface area (Å²) in [4.78, 5) is 12.1. The summed E-state index contributed by atoms with van der Waals surface area (Å²) < 4.78 is 5.58. The molecule has 1 heterocycles. The van der Waals surface area contributed by atoms with Gasteiger partial charge in [0.1, 0.15) is 5.75 Å². The standard InChI is InChI=1S/C20H19NO2S/c1-15-6-2-5-9-19(15)23-13-20(22)21-12-16-7-3-4-8-18(16)17-10-11-24-14-17/h2-11,14H,12-13H2,1H3,(H,21,22). The van der Waals surface area contributed by atoms with Crippen molar-refractivity contribution in [2.24, 2.45) is 0 Å². The Morgan fingerprint density at radius 1 is 1.08 bits per heavy atom. The third-order valence-corrected chi connectivity index (χ3v) is 4.46. The van der Waals surface area contributed by atoms with Gasteiger partial charge in [0.05, 0.1) is 0 Å². The lowest BCUT2D eigenvalue weighted by Crippen LogP contribution is -2.28. The number of para-hydroxylation sites is 1. The van der Waals surface area contributed by atoms with Crippen molar-refractivity contribution in [3.8, 4) is 16.9 Å². The number of benzene rings is 2. The number of carbonyl (C=O) groups is 1. The van der Waals surface area contributed by atoms with Crippen LogP contribution in [-0.4, -0.2) is 12.5 Å². The van der Waals surface area contributed by atoms with Crippen LogP contribution in [0.2, 0.25) is 0 Å². The highest BCUT2D eigenvalue weighted by Gasteiger charge is 2.08. The number of rotatable bonds is 6. The number of ether oxygens (including phenoxy) is 1. The van der Waals surface area contributed by atoms with Crippen molar-refractivity contribution in [2.45, 2.75) is 13.5 Å². The van der Waals surface area contributed by atoms with Crippen LogP contribution in [0.4, 0.5) is 0 Å². The number of hydrogen-bond acceptors (Lipinski definition) is 3. The van der Waals surface area contributed by atoms with Crippen molar-refractivity contribution in [3.63, 3.8) is 0 Å². The number of amides is 1. The van der Waals surface area contributed by atoms with Gasteiger partial charge in [-0.15, -0.1) is 0 Å². The molecule has 3 rings (SSSR count). The SMILES string of the molecule is Cc1ccccc1OCC(=O)NCc1ccccc1-c1ccsc1. The average molecular weight is 337 g/mol. The molecule has 0 aliphatic heterocycles. The minimum atomic E-state index is -0.127. The van der Waals surface area contributed by atoms with Gasteiger partial charge in [-0.1, -0.05) is 42.5 Å². The van der Waals surface area contributed by atoms with Crippen molar-refractivity contribution in [1.29, 1.82) is 0 Å². The van der Waals surface area contributed by atoms with E-state index in [-0.39, 0.29) is 12.5 Å². The normalized spacial score (nSPS) is 10.4. The predicted molar refractivity (Wildman–Crippen MR) is 98.3 cm³/mol. The minimum absolute atomic E-state index is 0.0193. The first-order valence-corrected chi connectivity index (χ1v) is 8.74. The Balaban J connectivity index is 1.58. The van der Waals surface area contributed by atoms with E-state index in [0.717, 1.165) is 22.4 Å². The molecule has 24 heavy (non-hydrogen) atoms. The molecule has 0 saturated carbocycles. The number of aryl methyl sites for hydroxylation is 1. The first kappa shape index (κ1) is 16.3. The molecule has 2 aromatic carbocycles. The van der Waals surface area contributed by atoms with E-state index in [1.165, 1.54) is 5.56 Å². The molecule has 0 atom stereocenters. The number of carbonyl (C=O) groups excluding carboxylic acids is 1. The smallest absolute Gasteiger partial charge is 0.258 e. The fourth-order valence-corrected chi connectivity index (χ4v) is 3.14. The van der Waals surface area contributed by atoms with Crippen LogP contribution in [0.3, 0.4) is 0 Å². The molecule has 0 aliphatic carbocycles. The van der Waals surface area contributed by atoms with Crippen LogP contribution < -0.4 is 10.1 Å². The Hall–Kier alpha value is -2.59. The maximum atomic E-state index is 12.1. The zero-order chi connectivity index (χ0) is 16.8. The summed E-state index contributed by atoms with van der Waals surface area (Å²) in [5.74, 6) is 0.615. The van der Waals surface area contributed by atoms with Crippen LogP contribution in [0.15, 0.2) is 65.4 Å². The minimum Gasteiger partial charge on any atom is -0.484 e. The molecule has 1 aromatic heterocycles. The van der Waals surface area contributed by atoms with Gasteiger partial charge in [0.15, 0.2) is 6.61 Å². The number of hydrogen-bond donors (Lipinski definition) is 1. The van der Waals surface area contributed by atoms with E-state index in [0.29, 0.717) is 6.54 Å². The monoisotopic (exact) mass is 337 g/mol. The van der Waals surface area contributed by atoms with Crippen LogP contribution in [0.5, 0.6) is 5.75 Å². The highest BCUT2D eigenvalue weighted by atomic mass is 32.1. The van der Waals surface area contributed by atoms with E-state index in [9.17, 15) is 4.79 Å². The maximum absolute atomic E-state index is 12.1. The highest BCUT2D eigenvalue weighted by Crippen LogP contribution is 2.25. The molecule has 3 nitrogen and oxygen atoms in total. The van der Waals surface area contributed by atoms with Gasteiger partial charge in [0.25, 0.3) is 5.91 Å². The second kappa shape index (κ2) is 7.79. The molecule has 0 fully saturated rings. The van der Waals surface area contributed by atoms with Crippen LogP contribution in [0.1, 0.15) is 11.1 Å². The van der Waals surface area contributed by atoms with Gasteiger partial charge in [-0.2, -0.15) is 11.3 Å². The Labute approximate surface area is 145 Å². The number of thiophene rings is 1. The van der Waals surface area contributed by atoms with E-state index < -0.39 is 0 Å². The molecule has 0 aliphatic rings. The molecule has 0 radical (unpaired) electrons. The molecule has 0 saturated heterocycles. The summed E-state index contributed by atoms with van der Waals surface area (Å²) >= 11 is 1.67. The van der Waals surface area contributed by atoms with Crippen LogP contribution in [0.25, 0.3) is 11.1 Å². The Kier molecular flexibility index (Phi) is 5.29.